The van der Waals surface area contributed by atoms with Crippen LogP contribution in [0.5, 0.6) is 0 Å². The molecule has 0 aliphatic carbocycles. The van der Waals surface area contributed by atoms with Gasteiger partial charge in [-0.1, -0.05) is 6.08 Å². The third-order valence-electron chi connectivity index (χ3n) is 2.78. The van der Waals surface area contributed by atoms with E-state index >= 15 is 0 Å². The van der Waals surface area contributed by atoms with E-state index in [1.807, 2.05) is 13.0 Å². The predicted octanol–water partition coefficient (Wildman–Crippen LogP) is 2.02. The summed E-state index contributed by atoms with van der Waals surface area (Å²) in [5.41, 5.74) is 0.582. The first kappa shape index (κ1) is 14.1. The van der Waals surface area contributed by atoms with Gasteiger partial charge in [0.1, 0.15) is 5.78 Å². The van der Waals surface area contributed by atoms with Crippen molar-refractivity contribution in [2.45, 2.75) is 45.8 Å². The second-order valence-electron chi connectivity index (χ2n) is 4.53. The van der Waals surface area contributed by atoms with Crippen LogP contribution in [-0.4, -0.2) is 30.6 Å². The maximum Gasteiger partial charge on any atom is 0.166 e. The van der Waals surface area contributed by atoms with E-state index in [-0.39, 0.29) is 18.0 Å². The fraction of sp³-hybridized carbons (Fsp3) is 0.692. The van der Waals surface area contributed by atoms with Gasteiger partial charge in [-0.25, -0.2) is 0 Å². The molecule has 4 heteroatoms. The zero-order valence-corrected chi connectivity index (χ0v) is 10.7. The maximum absolute atomic E-state index is 11.3. The highest BCUT2D eigenvalue weighted by atomic mass is 16.7. The third-order valence-corrected chi connectivity index (χ3v) is 2.78. The molecule has 17 heavy (non-hydrogen) atoms. The Kier molecular flexibility index (Phi) is 5.02. The Hall–Kier alpha value is -1.00. The largest absolute Gasteiger partial charge is 0.348 e. The molecule has 0 aromatic heterocycles. The Morgan fingerprint density at radius 2 is 1.82 bits per heavy atom. The molecule has 0 spiro atoms. The van der Waals surface area contributed by atoms with Gasteiger partial charge in [0, 0.05) is 12.8 Å². The van der Waals surface area contributed by atoms with Gasteiger partial charge in [0.15, 0.2) is 11.6 Å². The third kappa shape index (κ3) is 4.79. The van der Waals surface area contributed by atoms with Crippen molar-refractivity contribution in [3.8, 4) is 0 Å². The first-order chi connectivity index (χ1) is 7.93. The lowest BCUT2D eigenvalue weighted by Crippen LogP contribution is -2.24. The van der Waals surface area contributed by atoms with Crippen molar-refractivity contribution in [3.63, 3.8) is 0 Å². The molecule has 0 bridgehead atoms. The molecule has 1 heterocycles. The SMILES string of the molecule is CC(=O)C/C(=C\CCC1(C)OCCO1)C(C)=O. The van der Waals surface area contributed by atoms with E-state index in [1.54, 1.807) is 0 Å². The summed E-state index contributed by atoms with van der Waals surface area (Å²) in [4.78, 5) is 22.3. The second kappa shape index (κ2) is 6.07. The van der Waals surface area contributed by atoms with E-state index in [2.05, 4.69) is 0 Å². The number of rotatable bonds is 6. The van der Waals surface area contributed by atoms with Crippen molar-refractivity contribution in [1.82, 2.24) is 0 Å². The predicted molar refractivity (Wildman–Crippen MR) is 63.6 cm³/mol. The number of ketones is 2. The average Bonchev–Trinajstić information content (AvgIpc) is 2.63. The minimum atomic E-state index is -0.533. The summed E-state index contributed by atoms with van der Waals surface area (Å²) in [7, 11) is 0. The molecule has 1 rings (SSSR count). The van der Waals surface area contributed by atoms with Crippen LogP contribution in [0, 0.1) is 0 Å². The quantitative estimate of drug-likeness (QED) is 0.666. The first-order valence-corrected chi connectivity index (χ1v) is 5.90. The highest BCUT2D eigenvalue weighted by Gasteiger charge is 2.29. The van der Waals surface area contributed by atoms with Crippen LogP contribution in [0.4, 0.5) is 0 Å². The Balaban J connectivity index is 2.48. The molecule has 0 aromatic rings. The molecule has 0 amide bonds. The number of allylic oxidation sites excluding steroid dienone is 2. The summed E-state index contributed by atoms with van der Waals surface area (Å²) in [6.45, 7) is 6.10. The molecule has 1 fully saturated rings. The van der Waals surface area contributed by atoms with Gasteiger partial charge in [-0.3, -0.25) is 9.59 Å². The molecule has 0 saturated carbocycles. The normalized spacial score (nSPS) is 19.4. The monoisotopic (exact) mass is 240 g/mol. The van der Waals surface area contributed by atoms with E-state index in [0.29, 0.717) is 31.6 Å². The number of hydrogen-bond donors (Lipinski definition) is 0. The van der Waals surface area contributed by atoms with Gasteiger partial charge >= 0.3 is 0 Å². The van der Waals surface area contributed by atoms with Crippen LogP contribution in [0.25, 0.3) is 0 Å². The lowest BCUT2D eigenvalue weighted by molar-refractivity contribution is -0.145. The lowest BCUT2D eigenvalue weighted by Gasteiger charge is -2.21. The van der Waals surface area contributed by atoms with E-state index < -0.39 is 5.79 Å². The molecule has 1 aliphatic rings. The van der Waals surface area contributed by atoms with Gasteiger partial charge in [0.2, 0.25) is 0 Å². The molecule has 96 valence electrons. The molecule has 4 nitrogen and oxygen atoms in total. The number of ether oxygens (including phenoxy) is 2. The Morgan fingerprint density at radius 1 is 1.24 bits per heavy atom. The summed E-state index contributed by atoms with van der Waals surface area (Å²) < 4.78 is 10.9. The van der Waals surface area contributed by atoms with Crippen LogP contribution in [0.3, 0.4) is 0 Å². The second-order valence-corrected chi connectivity index (χ2v) is 4.53. The van der Waals surface area contributed by atoms with Crippen molar-refractivity contribution >= 4 is 11.6 Å². The van der Waals surface area contributed by atoms with Crippen LogP contribution >= 0.6 is 0 Å². The van der Waals surface area contributed by atoms with E-state index in [0.717, 1.165) is 0 Å². The Morgan fingerprint density at radius 3 is 2.29 bits per heavy atom. The van der Waals surface area contributed by atoms with Gasteiger partial charge < -0.3 is 9.47 Å². The topological polar surface area (TPSA) is 52.6 Å². The van der Waals surface area contributed by atoms with Gasteiger partial charge in [0.25, 0.3) is 0 Å². The number of Topliss-reactive ketones (excluding diaryl/α,β-unsaturated/α-hetero) is 2. The summed E-state index contributed by atoms with van der Waals surface area (Å²) >= 11 is 0. The molecular formula is C13H20O4. The van der Waals surface area contributed by atoms with Crippen molar-refractivity contribution in [2.75, 3.05) is 13.2 Å². The van der Waals surface area contributed by atoms with Crippen LogP contribution in [0.1, 0.15) is 40.0 Å². The Labute approximate surface area is 102 Å². The molecule has 0 aromatic carbocycles. The maximum atomic E-state index is 11.3. The minimum absolute atomic E-state index is 0.00558. The van der Waals surface area contributed by atoms with Gasteiger partial charge in [-0.05, 0) is 32.8 Å². The van der Waals surface area contributed by atoms with E-state index in [1.165, 1.54) is 13.8 Å². The summed E-state index contributed by atoms with van der Waals surface area (Å²) in [5.74, 6) is -0.570. The molecule has 0 unspecified atom stereocenters. The zero-order chi connectivity index (χ0) is 12.9. The minimum Gasteiger partial charge on any atom is -0.348 e. The van der Waals surface area contributed by atoms with Crippen molar-refractivity contribution in [1.29, 1.82) is 0 Å². The smallest absolute Gasteiger partial charge is 0.166 e. The fourth-order valence-electron chi connectivity index (χ4n) is 1.82. The van der Waals surface area contributed by atoms with Crippen molar-refractivity contribution in [3.05, 3.63) is 11.6 Å². The summed E-state index contributed by atoms with van der Waals surface area (Å²) in [6, 6.07) is 0. The van der Waals surface area contributed by atoms with Crippen molar-refractivity contribution in [2.24, 2.45) is 0 Å². The molecule has 1 saturated heterocycles. The van der Waals surface area contributed by atoms with Gasteiger partial charge in [-0.2, -0.15) is 0 Å². The van der Waals surface area contributed by atoms with E-state index in [4.69, 9.17) is 9.47 Å². The highest BCUT2D eigenvalue weighted by Crippen LogP contribution is 2.24. The molecular weight excluding hydrogens is 220 g/mol. The highest BCUT2D eigenvalue weighted by molar-refractivity contribution is 5.98. The average molecular weight is 240 g/mol. The zero-order valence-electron chi connectivity index (χ0n) is 10.7. The van der Waals surface area contributed by atoms with Crippen molar-refractivity contribution < 1.29 is 19.1 Å². The first-order valence-electron chi connectivity index (χ1n) is 5.90. The molecule has 0 atom stereocenters. The number of hydrogen-bond acceptors (Lipinski definition) is 4. The van der Waals surface area contributed by atoms with Crippen LogP contribution in [0.2, 0.25) is 0 Å². The number of carbonyl (C=O) groups excluding carboxylic acids is 2. The van der Waals surface area contributed by atoms with Gasteiger partial charge in [-0.15, -0.1) is 0 Å². The number of carbonyl (C=O) groups is 2. The van der Waals surface area contributed by atoms with Gasteiger partial charge in [0.05, 0.1) is 13.2 Å². The van der Waals surface area contributed by atoms with Crippen LogP contribution in [-0.2, 0) is 19.1 Å². The standard InChI is InChI=1S/C13H20O4/c1-10(14)9-12(11(2)15)5-4-6-13(3)16-7-8-17-13/h5H,4,6-9H2,1-3H3/b12-5+. The van der Waals surface area contributed by atoms with E-state index in [9.17, 15) is 9.59 Å². The van der Waals surface area contributed by atoms with Crippen LogP contribution < -0.4 is 0 Å². The molecule has 0 N–H and O–H groups in total. The fourth-order valence-corrected chi connectivity index (χ4v) is 1.82. The lowest BCUT2D eigenvalue weighted by atomic mass is 10.0. The van der Waals surface area contributed by atoms with Crippen LogP contribution in [0.15, 0.2) is 11.6 Å². The molecule has 1 aliphatic heterocycles. The molecule has 0 radical (unpaired) electrons. The summed E-state index contributed by atoms with van der Waals surface area (Å²) in [6.07, 6.45) is 3.41. The summed E-state index contributed by atoms with van der Waals surface area (Å²) in [5, 5.41) is 0. The Bertz CT molecular complexity index is 324.